The maximum Gasteiger partial charge on any atom is 0.251 e. The van der Waals surface area contributed by atoms with E-state index in [1.165, 1.54) is 7.11 Å². The van der Waals surface area contributed by atoms with Crippen molar-refractivity contribution in [1.29, 1.82) is 0 Å². The molecule has 2 aromatic carbocycles. The third-order valence-electron chi connectivity index (χ3n) is 3.73. The summed E-state index contributed by atoms with van der Waals surface area (Å²) < 4.78 is 6.95. The van der Waals surface area contributed by atoms with Crippen LogP contribution in [0.3, 0.4) is 0 Å². The Morgan fingerprint density at radius 2 is 2.04 bits per heavy atom. The van der Waals surface area contributed by atoms with Crippen molar-refractivity contribution in [3.05, 3.63) is 77.1 Å². The van der Waals surface area contributed by atoms with Gasteiger partial charge in [-0.2, -0.15) is 5.10 Å². The molecule has 128 valence electrons. The van der Waals surface area contributed by atoms with Crippen molar-refractivity contribution in [2.24, 2.45) is 0 Å². The number of hydrogen-bond acceptors (Lipinski definition) is 3. The van der Waals surface area contributed by atoms with E-state index in [0.717, 1.165) is 11.3 Å². The monoisotopic (exact) mass is 355 g/mol. The van der Waals surface area contributed by atoms with Crippen molar-refractivity contribution in [2.75, 3.05) is 13.7 Å². The van der Waals surface area contributed by atoms with Crippen LogP contribution in [-0.2, 0) is 6.42 Å². The van der Waals surface area contributed by atoms with Crippen LogP contribution in [0.1, 0.15) is 15.9 Å². The van der Waals surface area contributed by atoms with Crippen LogP contribution in [0.15, 0.2) is 60.9 Å². The molecule has 1 amide bonds. The number of halogens is 1. The average molecular weight is 356 g/mol. The Hall–Kier alpha value is -2.79. The maximum atomic E-state index is 12.2. The molecule has 3 rings (SSSR count). The van der Waals surface area contributed by atoms with Gasteiger partial charge in [0.15, 0.2) is 0 Å². The van der Waals surface area contributed by atoms with Gasteiger partial charge in [0.2, 0.25) is 0 Å². The van der Waals surface area contributed by atoms with E-state index in [9.17, 15) is 4.79 Å². The average Bonchev–Trinajstić information content (AvgIpc) is 3.10. The number of nitrogens with zero attached hydrogens (tertiary/aromatic N) is 2. The minimum absolute atomic E-state index is 0.184. The van der Waals surface area contributed by atoms with Crippen molar-refractivity contribution in [3.8, 4) is 11.4 Å². The number of rotatable bonds is 6. The predicted octanol–water partition coefficient (Wildman–Crippen LogP) is 3.51. The highest BCUT2D eigenvalue weighted by Gasteiger charge is 2.09. The Balaban J connectivity index is 1.57. The lowest BCUT2D eigenvalue weighted by atomic mass is 10.2. The lowest BCUT2D eigenvalue weighted by Crippen LogP contribution is -2.25. The number of aromatic nitrogens is 2. The number of carbonyl (C=O) groups is 1. The summed E-state index contributed by atoms with van der Waals surface area (Å²) >= 11 is 5.99. The van der Waals surface area contributed by atoms with E-state index in [2.05, 4.69) is 10.4 Å². The standard InChI is InChI=1S/C19H18ClN3O2/c1-25-18-10-15(9-16(20)11-18)19(24)21-8-7-14-12-22-23(13-14)17-5-3-2-4-6-17/h2-6,9-13H,7-8H2,1H3,(H,21,24). The van der Waals surface area contributed by atoms with Crippen LogP contribution in [0.25, 0.3) is 5.69 Å². The zero-order valence-corrected chi connectivity index (χ0v) is 14.5. The van der Waals surface area contributed by atoms with E-state index in [-0.39, 0.29) is 5.91 Å². The van der Waals surface area contributed by atoms with Crippen LogP contribution in [0, 0.1) is 0 Å². The summed E-state index contributed by atoms with van der Waals surface area (Å²) in [6.07, 6.45) is 4.46. The zero-order valence-electron chi connectivity index (χ0n) is 13.8. The molecule has 0 bridgehead atoms. The molecule has 5 nitrogen and oxygen atoms in total. The van der Waals surface area contributed by atoms with Crippen LogP contribution in [0.5, 0.6) is 5.75 Å². The summed E-state index contributed by atoms with van der Waals surface area (Å²) in [6, 6.07) is 14.8. The zero-order chi connectivity index (χ0) is 17.6. The van der Waals surface area contributed by atoms with Crippen molar-refractivity contribution >= 4 is 17.5 Å². The molecule has 1 N–H and O–H groups in total. The van der Waals surface area contributed by atoms with E-state index in [1.54, 1.807) is 18.2 Å². The molecule has 0 radical (unpaired) electrons. The molecule has 25 heavy (non-hydrogen) atoms. The van der Waals surface area contributed by atoms with Crippen LogP contribution >= 0.6 is 11.6 Å². The summed E-state index contributed by atoms with van der Waals surface area (Å²) in [6.45, 7) is 0.508. The van der Waals surface area contributed by atoms with E-state index >= 15 is 0 Å². The topological polar surface area (TPSA) is 56.1 Å². The van der Waals surface area contributed by atoms with Gasteiger partial charge in [-0.15, -0.1) is 0 Å². The minimum Gasteiger partial charge on any atom is -0.497 e. The van der Waals surface area contributed by atoms with Gasteiger partial charge in [-0.1, -0.05) is 29.8 Å². The van der Waals surface area contributed by atoms with Gasteiger partial charge in [0.1, 0.15) is 5.75 Å². The highest BCUT2D eigenvalue weighted by atomic mass is 35.5. The van der Waals surface area contributed by atoms with Gasteiger partial charge >= 0.3 is 0 Å². The third-order valence-corrected chi connectivity index (χ3v) is 3.94. The van der Waals surface area contributed by atoms with Crippen molar-refractivity contribution in [1.82, 2.24) is 15.1 Å². The number of amides is 1. The number of hydrogen-bond donors (Lipinski definition) is 1. The van der Waals surface area contributed by atoms with Gasteiger partial charge in [0, 0.05) is 23.3 Å². The number of nitrogens with one attached hydrogen (secondary N) is 1. The lowest BCUT2D eigenvalue weighted by molar-refractivity contribution is 0.0954. The molecule has 0 spiro atoms. The van der Waals surface area contributed by atoms with E-state index < -0.39 is 0 Å². The largest absolute Gasteiger partial charge is 0.497 e. The van der Waals surface area contributed by atoms with E-state index in [4.69, 9.17) is 16.3 Å². The smallest absolute Gasteiger partial charge is 0.251 e. The van der Waals surface area contributed by atoms with Crippen molar-refractivity contribution < 1.29 is 9.53 Å². The summed E-state index contributed by atoms with van der Waals surface area (Å²) in [5.74, 6) is 0.373. The van der Waals surface area contributed by atoms with Crippen LogP contribution in [-0.4, -0.2) is 29.3 Å². The van der Waals surface area contributed by atoms with Crippen LogP contribution in [0.4, 0.5) is 0 Å². The number of carbonyl (C=O) groups excluding carboxylic acids is 1. The molecule has 0 atom stereocenters. The second-order valence-electron chi connectivity index (χ2n) is 5.51. The number of para-hydroxylation sites is 1. The normalized spacial score (nSPS) is 10.5. The van der Waals surface area contributed by atoms with Gasteiger partial charge in [0.05, 0.1) is 19.0 Å². The summed E-state index contributed by atoms with van der Waals surface area (Å²) in [5, 5.41) is 7.70. The molecule has 0 fully saturated rings. The first-order chi connectivity index (χ1) is 12.2. The summed E-state index contributed by atoms with van der Waals surface area (Å²) in [4.78, 5) is 12.2. The van der Waals surface area contributed by atoms with Gasteiger partial charge < -0.3 is 10.1 Å². The third kappa shape index (κ3) is 4.39. The van der Waals surface area contributed by atoms with Gasteiger partial charge in [-0.05, 0) is 42.3 Å². The molecule has 0 aliphatic heterocycles. The molecule has 0 saturated carbocycles. The molecule has 0 saturated heterocycles. The fraction of sp³-hybridized carbons (Fsp3) is 0.158. The van der Waals surface area contributed by atoms with Crippen molar-refractivity contribution in [2.45, 2.75) is 6.42 Å². The molecule has 1 heterocycles. The minimum atomic E-state index is -0.184. The summed E-state index contributed by atoms with van der Waals surface area (Å²) in [7, 11) is 1.54. The summed E-state index contributed by atoms with van der Waals surface area (Å²) in [5.41, 5.74) is 2.53. The number of ether oxygens (including phenoxy) is 1. The Kier molecular flexibility index (Phi) is 5.36. The second kappa shape index (κ2) is 7.85. The fourth-order valence-electron chi connectivity index (χ4n) is 2.45. The van der Waals surface area contributed by atoms with E-state index in [0.29, 0.717) is 29.3 Å². The number of methoxy groups -OCH3 is 1. The Bertz CT molecular complexity index is 862. The number of benzene rings is 2. The van der Waals surface area contributed by atoms with Gasteiger partial charge in [0.25, 0.3) is 5.91 Å². The fourth-order valence-corrected chi connectivity index (χ4v) is 2.67. The predicted molar refractivity (Wildman–Crippen MR) is 97.6 cm³/mol. The van der Waals surface area contributed by atoms with Crippen LogP contribution in [0.2, 0.25) is 5.02 Å². The first-order valence-corrected chi connectivity index (χ1v) is 8.25. The molecular formula is C19H18ClN3O2. The first kappa shape index (κ1) is 17.0. The highest BCUT2D eigenvalue weighted by Crippen LogP contribution is 2.20. The molecule has 0 aliphatic carbocycles. The lowest BCUT2D eigenvalue weighted by Gasteiger charge is -2.07. The molecule has 6 heteroatoms. The van der Waals surface area contributed by atoms with E-state index in [1.807, 2.05) is 47.4 Å². The van der Waals surface area contributed by atoms with Gasteiger partial charge in [-0.25, -0.2) is 4.68 Å². The molecule has 3 aromatic rings. The maximum absolute atomic E-state index is 12.2. The quantitative estimate of drug-likeness (QED) is 0.736. The molecule has 0 unspecified atom stereocenters. The molecular weight excluding hydrogens is 338 g/mol. The second-order valence-corrected chi connectivity index (χ2v) is 5.95. The Labute approximate surface area is 151 Å². The Morgan fingerprint density at radius 3 is 2.80 bits per heavy atom. The first-order valence-electron chi connectivity index (χ1n) is 7.87. The molecule has 0 aliphatic rings. The highest BCUT2D eigenvalue weighted by molar-refractivity contribution is 6.31. The van der Waals surface area contributed by atoms with Gasteiger partial charge in [-0.3, -0.25) is 4.79 Å². The SMILES string of the molecule is COc1cc(Cl)cc(C(=O)NCCc2cnn(-c3ccccc3)c2)c1. The molecule has 1 aromatic heterocycles. The van der Waals surface area contributed by atoms with Crippen molar-refractivity contribution in [3.63, 3.8) is 0 Å². The Morgan fingerprint density at radius 1 is 1.24 bits per heavy atom. The van der Waals surface area contributed by atoms with Crippen LogP contribution < -0.4 is 10.1 Å².